The van der Waals surface area contributed by atoms with Crippen molar-refractivity contribution in [2.75, 3.05) is 6.54 Å². The number of nitrogens with one attached hydrogen (secondary N) is 2. The number of carbonyl (C=O) groups excluding carboxylic acids is 3. The topological polar surface area (TPSA) is 113 Å². The number of hydrogen-bond acceptors (Lipinski definition) is 5. The normalized spacial score (nSPS) is 20.0. The summed E-state index contributed by atoms with van der Waals surface area (Å²) in [5.41, 5.74) is 0. The average molecular weight is 458 g/mol. The molecular weight excluding hydrogens is 418 g/mol. The molecule has 1 aliphatic carbocycles. The maximum Gasteiger partial charge on any atom is 0.256 e. The minimum atomic E-state index is -3.68. The van der Waals surface area contributed by atoms with Gasteiger partial charge in [-0.05, 0) is 38.0 Å². The maximum absolute atomic E-state index is 12.9. The molecule has 178 valence electrons. The summed E-state index contributed by atoms with van der Waals surface area (Å²) in [6.07, 6.45) is 9.40. The van der Waals surface area contributed by atoms with Gasteiger partial charge in [-0.3, -0.25) is 19.1 Å². The molecule has 0 aromatic rings. The standard InChI is InChI=1S/C22H39N3O5S/c1-4-5-6-7-8-9-12-19(26)25-15-10-11-18(25)21(27)23-20(16(2)3)22(28)24-31(29,30)17-13-14-17/h16-18,20H,4-15H2,1-3H3,(H,23,27)(H,24,28). The maximum atomic E-state index is 12.9. The summed E-state index contributed by atoms with van der Waals surface area (Å²) in [6.45, 7) is 6.22. The van der Waals surface area contributed by atoms with Crippen molar-refractivity contribution in [2.24, 2.45) is 5.92 Å². The Bertz CT molecular complexity index is 733. The second-order valence-corrected chi connectivity index (χ2v) is 11.2. The van der Waals surface area contributed by atoms with Crippen LogP contribution in [0.1, 0.15) is 91.4 Å². The van der Waals surface area contributed by atoms with E-state index < -0.39 is 33.3 Å². The van der Waals surface area contributed by atoms with Gasteiger partial charge in [-0.2, -0.15) is 0 Å². The fourth-order valence-corrected chi connectivity index (χ4v) is 5.32. The van der Waals surface area contributed by atoms with Crippen LogP contribution >= 0.6 is 0 Å². The van der Waals surface area contributed by atoms with E-state index in [9.17, 15) is 22.8 Å². The largest absolute Gasteiger partial charge is 0.342 e. The molecule has 2 rings (SSSR count). The zero-order valence-electron chi connectivity index (χ0n) is 19.2. The van der Waals surface area contributed by atoms with E-state index in [1.165, 1.54) is 19.3 Å². The Kier molecular flexibility index (Phi) is 9.78. The third-order valence-electron chi connectivity index (χ3n) is 6.07. The van der Waals surface area contributed by atoms with Gasteiger partial charge in [-0.1, -0.05) is 52.9 Å². The van der Waals surface area contributed by atoms with Crippen molar-refractivity contribution in [3.63, 3.8) is 0 Å². The van der Waals surface area contributed by atoms with Crippen LogP contribution in [0.3, 0.4) is 0 Å². The van der Waals surface area contributed by atoms with Crippen molar-refractivity contribution in [2.45, 2.75) is 109 Å². The Morgan fingerprint density at radius 2 is 1.65 bits per heavy atom. The van der Waals surface area contributed by atoms with Crippen molar-refractivity contribution >= 4 is 27.7 Å². The van der Waals surface area contributed by atoms with Gasteiger partial charge >= 0.3 is 0 Å². The van der Waals surface area contributed by atoms with Crippen molar-refractivity contribution < 1.29 is 22.8 Å². The lowest BCUT2D eigenvalue weighted by Crippen LogP contribution is -2.55. The molecule has 1 saturated carbocycles. The SMILES string of the molecule is CCCCCCCCC(=O)N1CCCC1C(=O)NC(C(=O)NS(=O)(=O)C1CC1)C(C)C. The zero-order valence-corrected chi connectivity index (χ0v) is 20.0. The van der Waals surface area contributed by atoms with E-state index in [-0.39, 0.29) is 17.7 Å². The summed E-state index contributed by atoms with van der Waals surface area (Å²) in [4.78, 5) is 39.7. The molecule has 2 N–H and O–H groups in total. The quantitative estimate of drug-likeness (QED) is 0.413. The highest BCUT2D eigenvalue weighted by Gasteiger charge is 2.40. The highest BCUT2D eigenvalue weighted by molar-refractivity contribution is 7.90. The van der Waals surface area contributed by atoms with Crippen LogP contribution in [0.5, 0.6) is 0 Å². The van der Waals surface area contributed by atoms with E-state index in [4.69, 9.17) is 0 Å². The molecule has 0 aromatic heterocycles. The molecular formula is C22H39N3O5S. The molecule has 2 aliphatic rings. The lowest BCUT2D eigenvalue weighted by atomic mass is 10.0. The molecule has 2 unspecified atom stereocenters. The molecule has 0 radical (unpaired) electrons. The zero-order chi connectivity index (χ0) is 23.0. The van der Waals surface area contributed by atoms with Gasteiger partial charge in [-0.25, -0.2) is 8.42 Å². The first-order valence-corrected chi connectivity index (χ1v) is 13.4. The second-order valence-electron chi connectivity index (χ2n) is 9.20. The molecule has 1 heterocycles. The summed E-state index contributed by atoms with van der Waals surface area (Å²) in [5.74, 6) is -1.40. The van der Waals surface area contributed by atoms with Crippen LogP contribution in [0.15, 0.2) is 0 Å². The van der Waals surface area contributed by atoms with Crippen LogP contribution in [0.4, 0.5) is 0 Å². The number of hydrogen-bond donors (Lipinski definition) is 2. The number of rotatable bonds is 13. The minimum Gasteiger partial charge on any atom is -0.342 e. The Labute approximate surface area is 186 Å². The molecule has 3 amide bonds. The van der Waals surface area contributed by atoms with Gasteiger partial charge in [0, 0.05) is 13.0 Å². The van der Waals surface area contributed by atoms with E-state index >= 15 is 0 Å². The van der Waals surface area contributed by atoms with Crippen molar-refractivity contribution in [3.05, 3.63) is 0 Å². The summed E-state index contributed by atoms with van der Waals surface area (Å²) in [6, 6.07) is -1.56. The third-order valence-corrected chi connectivity index (χ3v) is 7.91. The van der Waals surface area contributed by atoms with Gasteiger partial charge in [0.2, 0.25) is 21.8 Å². The lowest BCUT2D eigenvalue weighted by Gasteiger charge is -2.27. The lowest BCUT2D eigenvalue weighted by molar-refractivity contribution is -0.139. The van der Waals surface area contributed by atoms with Crippen LogP contribution in [0.2, 0.25) is 0 Å². The van der Waals surface area contributed by atoms with E-state index in [1.54, 1.807) is 18.7 Å². The minimum absolute atomic E-state index is 0.0185. The molecule has 2 atom stereocenters. The van der Waals surface area contributed by atoms with E-state index in [2.05, 4.69) is 17.0 Å². The number of sulfonamides is 1. The molecule has 9 heteroatoms. The third kappa shape index (κ3) is 7.77. The molecule has 0 spiro atoms. The summed E-state index contributed by atoms with van der Waals surface area (Å²) in [7, 11) is -3.68. The molecule has 0 aromatic carbocycles. The van der Waals surface area contributed by atoms with E-state index in [0.29, 0.717) is 32.2 Å². The number of likely N-dealkylation sites (tertiary alicyclic amines) is 1. The van der Waals surface area contributed by atoms with Gasteiger partial charge < -0.3 is 10.2 Å². The van der Waals surface area contributed by atoms with Gasteiger partial charge in [0.05, 0.1) is 5.25 Å². The molecule has 1 saturated heterocycles. The first kappa shape index (κ1) is 25.6. The van der Waals surface area contributed by atoms with Gasteiger partial charge in [0.15, 0.2) is 0 Å². The van der Waals surface area contributed by atoms with Crippen molar-refractivity contribution in [1.29, 1.82) is 0 Å². The van der Waals surface area contributed by atoms with Crippen LogP contribution < -0.4 is 10.0 Å². The van der Waals surface area contributed by atoms with Crippen LogP contribution in [-0.2, 0) is 24.4 Å². The fraction of sp³-hybridized carbons (Fsp3) is 0.864. The number of unbranched alkanes of at least 4 members (excludes halogenated alkanes) is 5. The summed E-state index contributed by atoms with van der Waals surface area (Å²) in [5, 5.41) is 2.20. The fourth-order valence-electron chi connectivity index (χ4n) is 3.99. The molecule has 31 heavy (non-hydrogen) atoms. The number of amides is 3. The Balaban J connectivity index is 1.88. The first-order chi connectivity index (χ1) is 14.7. The van der Waals surface area contributed by atoms with E-state index in [0.717, 1.165) is 25.7 Å². The predicted molar refractivity (Wildman–Crippen MR) is 120 cm³/mol. The summed E-state index contributed by atoms with van der Waals surface area (Å²) < 4.78 is 26.3. The highest BCUT2D eigenvalue weighted by atomic mass is 32.2. The van der Waals surface area contributed by atoms with Crippen LogP contribution in [0.25, 0.3) is 0 Å². The average Bonchev–Trinajstić information content (AvgIpc) is 3.46. The van der Waals surface area contributed by atoms with Gasteiger partial charge in [0.1, 0.15) is 12.1 Å². The highest BCUT2D eigenvalue weighted by Crippen LogP contribution is 2.27. The second kappa shape index (κ2) is 11.8. The smallest absolute Gasteiger partial charge is 0.256 e. The monoisotopic (exact) mass is 457 g/mol. The van der Waals surface area contributed by atoms with Gasteiger partial charge in [0.25, 0.3) is 5.91 Å². The number of carbonyl (C=O) groups is 3. The predicted octanol–water partition coefficient (Wildman–Crippen LogP) is 2.48. The Morgan fingerprint density at radius 1 is 1.00 bits per heavy atom. The van der Waals surface area contributed by atoms with Crippen LogP contribution in [0, 0.1) is 5.92 Å². The molecule has 0 bridgehead atoms. The van der Waals surface area contributed by atoms with Crippen molar-refractivity contribution in [3.8, 4) is 0 Å². The first-order valence-electron chi connectivity index (χ1n) is 11.8. The van der Waals surface area contributed by atoms with Gasteiger partial charge in [-0.15, -0.1) is 0 Å². The van der Waals surface area contributed by atoms with Crippen LogP contribution in [-0.4, -0.2) is 54.9 Å². The van der Waals surface area contributed by atoms with E-state index in [1.807, 2.05) is 0 Å². The molecule has 8 nitrogen and oxygen atoms in total. The molecule has 2 fully saturated rings. The Hall–Kier alpha value is -1.64. The summed E-state index contributed by atoms with van der Waals surface area (Å²) >= 11 is 0. The number of nitrogens with zero attached hydrogens (tertiary/aromatic N) is 1. The Morgan fingerprint density at radius 3 is 2.26 bits per heavy atom. The van der Waals surface area contributed by atoms with Crippen molar-refractivity contribution in [1.82, 2.24) is 14.9 Å². The molecule has 1 aliphatic heterocycles.